The van der Waals surface area contributed by atoms with Gasteiger partial charge in [0, 0.05) is 32.7 Å². The first-order valence-electron chi connectivity index (χ1n) is 2.59. The Hall–Kier alpha value is 1.95. The monoisotopic (exact) mass is 289 g/mol. The first-order valence-corrected chi connectivity index (χ1v) is 2.59. The summed E-state index contributed by atoms with van der Waals surface area (Å²) in [7, 11) is 0. The van der Waals surface area contributed by atoms with E-state index in [1.54, 1.807) is 0 Å². The maximum absolute atomic E-state index is 3.05. The minimum absolute atomic E-state index is 0. The third-order valence-electron chi connectivity index (χ3n) is 0.937. The van der Waals surface area contributed by atoms with Crippen molar-refractivity contribution < 1.29 is 65.4 Å². The Balaban J connectivity index is -0.0000000600. The number of allylic oxidation sites excluding steroid dienone is 2. The van der Waals surface area contributed by atoms with E-state index < -0.39 is 0 Å². The zero-order valence-corrected chi connectivity index (χ0v) is 13.1. The molecule has 0 bridgehead atoms. The fourth-order valence-corrected chi connectivity index (χ4v) is 0.408. The molecule has 0 N–H and O–H groups in total. The minimum atomic E-state index is 0. The van der Waals surface area contributed by atoms with E-state index in [9.17, 15) is 0 Å². The molecule has 1 radical (unpaired) electrons. The van der Waals surface area contributed by atoms with Gasteiger partial charge in [-0.25, -0.2) is 0 Å². The Bertz CT molecular complexity index is 67.7. The van der Waals surface area contributed by atoms with Crippen LogP contribution in [0.3, 0.4) is 0 Å². The molecule has 0 amide bonds. The van der Waals surface area contributed by atoms with Crippen molar-refractivity contribution in [1.29, 1.82) is 0 Å². The molecule has 0 nitrogen and oxygen atoms in total. The van der Waals surface area contributed by atoms with Crippen LogP contribution >= 0.6 is 0 Å². The van der Waals surface area contributed by atoms with E-state index in [0.29, 0.717) is 0 Å². The van der Waals surface area contributed by atoms with Gasteiger partial charge >= 0.3 is 32.7 Å². The molecular weight excluding hydrogens is 274 g/mol. The van der Waals surface area contributed by atoms with Gasteiger partial charge in [0.05, 0.1) is 0 Å². The maximum atomic E-state index is 3.05. The molecule has 0 spiro atoms. The van der Waals surface area contributed by atoms with E-state index in [2.05, 4.69) is 26.3 Å². The summed E-state index contributed by atoms with van der Waals surface area (Å²) in [4.78, 5) is 0. The molecule has 0 saturated heterocycles. The van der Waals surface area contributed by atoms with Crippen LogP contribution in [0.25, 0.3) is 0 Å². The molecule has 0 aromatic heterocycles. The molecule has 0 unspecified atom stereocenters. The van der Waals surface area contributed by atoms with Crippen molar-refractivity contribution in [2.45, 2.75) is 27.2 Å². The van der Waals surface area contributed by atoms with Crippen molar-refractivity contribution in [1.82, 2.24) is 0 Å². The van der Waals surface area contributed by atoms with Crippen LogP contribution in [0.4, 0.5) is 0 Å². The number of hydrogen-bond acceptors (Lipinski definition) is 0. The summed E-state index contributed by atoms with van der Waals surface area (Å²) in [5.41, 5.74) is 1.32. The van der Waals surface area contributed by atoms with Crippen LogP contribution < -0.4 is 0 Å². The van der Waals surface area contributed by atoms with Crippen LogP contribution in [-0.2, 0) is 65.4 Å². The Morgan fingerprint density at radius 1 is 1.50 bits per heavy atom. The van der Waals surface area contributed by atoms with Gasteiger partial charge in [-0.3, -0.25) is 5.57 Å². The van der Waals surface area contributed by atoms with Crippen molar-refractivity contribution in [3.63, 3.8) is 0 Å². The van der Waals surface area contributed by atoms with Gasteiger partial charge in [-0.1, -0.05) is 6.92 Å². The van der Waals surface area contributed by atoms with Crippen LogP contribution in [0, 0.1) is 19.9 Å². The van der Waals surface area contributed by atoms with Crippen LogP contribution in [-0.4, -0.2) is 0 Å². The molecule has 0 atom stereocenters. The maximum Gasteiger partial charge on any atom is 3.00 e. The molecule has 2 heteroatoms. The summed E-state index contributed by atoms with van der Waals surface area (Å²) in [6, 6.07) is 0. The Morgan fingerprint density at radius 2 is 1.90 bits per heavy atom. The zero-order valence-electron chi connectivity index (χ0n) is 7.44. The normalized spacial score (nSPS) is 8.50. The molecule has 53 valence electrons. The molecule has 0 rings (SSSR count). The SMILES string of the molecule is C[C-]=C(C)C[CH-]C.[CH3-].[Y+3].[Y]. The molecule has 0 aromatic rings. The Morgan fingerprint density at radius 3 is 2.00 bits per heavy atom. The van der Waals surface area contributed by atoms with Gasteiger partial charge in [0.25, 0.3) is 0 Å². The van der Waals surface area contributed by atoms with E-state index in [4.69, 9.17) is 0 Å². The van der Waals surface area contributed by atoms with Crippen LogP contribution in [0.15, 0.2) is 5.57 Å². The molecule has 0 aliphatic carbocycles. The zero-order chi connectivity index (χ0) is 5.70. The average molecular weight is 289 g/mol. The summed E-state index contributed by atoms with van der Waals surface area (Å²) in [5, 5.41) is 0. The molecule has 0 saturated carbocycles. The van der Waals surface area contributed by atoms with Crippen molar-refractivity contribution in [3.05, 3.63) is 25.5 Å². The van der Waals surface area contributed by atoms with E-state index in [-0.39, 0.29) is 72.8 Å². The molecule has 0 fully saturated rings. The topological polar surface area (TPSA) is 0 Å². The summed E-state index contributed by atoms with van der Waals surface area (Å²) in [6.45, 7) is 6.08. The van der Waals surface area contributed by atoms with E-state index in [0.717, 1.165) is 6.42 Å². The molecule has 0 aromatic carbocycles. The summed E-state index contributed by atoms with van der Waals surface area (Å²) in [6.07, 6.45) is 6.26. The fourth-order valence-electron chi connectivity index (χ4n) is 0.408. The third kappa shape index (κ3) is 16.5. The van der Waals surface area contributed by atoms with Gasteiger partial charge in [0.1, 0.15) is 0 Å². The quantitative estimate of drug-likeness (QED) is 0.686. The Kier molecular flexibility index (Phi) is 38.9. The second kappa shape index (κ2) is 17.2. The summed E-state index contributed by atoms with van der Waals surface area (Å²) < 4.78 is 0. The van der Waals surface area contributed by atoms with Gasteiger partial charge in [0.15, 0.2) is 0 Å². The smallest absolute Gasteiger partial charge is 0.503 e. The van der Waals surface area contributed by atoms with Crippen LogP contribution in [0.1, 0.15) is 27.2 Å². The van der Waals surface area contributed by atoms with E-state index in [1.807, 2.05) is 6.92 Å². The van der Waals surface area contributed by atoms with Gasteiger partial charge in [-0.05, 0) is 0 Å². The van der Waals surface area contributed by atoms with Crippen LogP contribution in [0.2, 0.25) is 0 Å². The number of rotatable bonds is 2. The largest absolute Gasteiger partial charge is 3.00 e. The van der Waals surface area contributed by atoms with E-state index in [1.165, 1.54) is 5.57 Å². The van der Waals surface area contributed by atoms with Crippen molar-refractivity contribution in [2.75, 3.05) is 0 Å². The summed E-state index contributed by atoms with van der Waals surface area (Å²) in [5.74, 6) is 0. The van der Waals surface area contributed by atoms with Gasteiger partial charge < -0.3 is 19.9 Å². The average Bonchev–Trinajstić information content (AvgIpc) is 1.68. The standard InChI is InChI=1S/C7H12.CH3.2Y/c1-4-6-7(3)5-2;;;/h4H,6H2,1-3H3;1H3;;/q-2;-1;;+3. The third-order valence-corrected chi connectivity index (χ3v) is 0.937. The number of hydrogen-bond donors (Lipinski definition) is 0. The minimum Gasteiger partial charge on any atom is -0.503 e. The van der Waals surface area contributed by atoms with Gasteiger partial charge in [0.2, 0.25) is 0 Å². The molecule has 0 aliphatic heterocycles. The van der Waals surface area contributed by atoms with E-state index >= 15 is 0 Å². The molecule has 10 heavy (non-hydrogen) atoms. The van der Waals surface area contributed by atoms with Crippen LogP contribution in [0.5, 0.6) is 0 Å². The second-order valence-electron chi connectivity index (χ2n) is 1.64. The first-order chi connectivity index (χ1) is 3.31. The first kappa shape index (κ1) is 22.7. The van der Waals surface area contributed by atoms with Crippen molar-refractivity contribution in [2.24, 2.45) is 0 Å². The van der Waals surface area contributed by atoms with Crippen molar-refractivity contribution >= 4 is 0 Å². The molecule has 0 heterocycles. The summed E-state index contributed by atoms with van der Waals surface area (Å²) >= 11 is 0. The fraction of sp³-hybridized carbons (Fsp3) is 0.500. The van der Waals surface area contributed by atoms with Crippen molar-refractivity contribution in [3.8, 4) is 0 Å². The second-order valence-corrected chi connectivity index (χ2v) is 1.64. The van der Waals surface area contributed by atoms with Gasteiger partial charge in [-0.2, -0.15) is 20.3 Å². The van der Waals surface area contributed by atoms with Gasteiger partial charge in [-0.15, -0.1) is 0 Å². The molecule has 0 aliphatic rings. The Labute approximate surface area is 116 Å². The predicted octanol–water partition coefficient (Wildman–Crippen LogP) is 2.82. The predicted molar refractivity (Wildman–Crippen MR) is 39.1 cm³/mol. The molecular formula is C8H15Y2.